The number of carbonyl (C=O) groups excluding carboxylic acids is 1. The number of furan rings is 1. The van der Waals surface area contributed by atoms with Crippen molar-refractivity contribution in [2.45, 2.75) is 50.5 Å². The Morgan fingerprint density at radius 3 is 2.50 bits per heavy atom. The van der Waals surface area contributed by atoms with Crippen molar-refractivity contribution < 1.29 is 17.6 Å². The van der Waals surface area contributed by atoms with Gasteiger partial charge in [-0.05, 0) is 26.7 Å². The molecule has 0 bridgehead atoms. The summed E-state index contributed by atoms with van der Waals surface area (Å²) in [6, 6.07) is 1.44. The van der Waals surface area contributed by atoms with E-state index >= 15 is 0 Å². The average Bonchev–Trinajstić information content (AvgIpc) is 2.98. The number of nitrogens with zero attached hydrogens (tertiary/aromatic N) is 1. The smallest absolute Gasteiger partial charge is 0.289 e. The van der Waals surface area contributed by atoms with Crippen molar-refractivity contribution in [2.24, 2.45) is 0 Å². The molecule has 1 heterocycles. The SMILES string of the molecule is CCN(C(=O)c1cc(S(=O)(=O)Cl)c(C)o1)C1CCCC1. The van der Waals surface area contributed by atoms with E-state index in [0.717, 1.165) is 25.7 Å². The highest BCUT2D eigenvalue weighted by Gasteiger charge is 2.30. The molecule has 5 nitrogen and oxygen atoms in total. The summed E-state index contributed by atoms with van der Waals surface area (Å²) in [5, 5.41) is 0. The summed E-state index contributed by atoms with van der Waals surface area (Å²) in [7, 11) is 1.42. The number of hydrogen-bond acceptors (Lipinski definition) is 4. The van der Waals surface area contributed by atoms with Gasteiger partial charge in [0, 0.05) is 29.3 Å². The predicted molar refractivity (Wildman–Crippen MR) is 75.5 cm³/mol. The van der Waals surface area contributed by atoms with Gasteiger partial charge in [0.25, 0.3) is 15.0 Å². The van der Waals surface area contributed by atoms with Gasteiger partial charge in [0.1, 0.15) is 10.7 Å². The number of halogens is 1. The molecular formula is C13H18ClNO4S. The van der Waals surface area contributed by atoms with Crippen molar-refractivity contribution in [3.63, 3.8) is 0 Å². The van der Waals surface area contributed by atoms with Gasteiger partial charge in [-0.3, -0.25) is 4.79 Å². The van der Waals surface area contributed by atoms with Gasteiger partial charge in [0.05, 0.1) is 0 Å². The van der Waals surface area contributed by atoms with Crippen LogP contribution < -0.4 is 0 Å². The summed E-state index contributed by atoms with van der Waals surface area (Å²) in [5.74, 6) is -0.0876. The number of amides is 1. The highest BCUT2D eigenvalue weighted by atomic mass is 35.7. The van der Waals surface area contributed by atoms with Crippen LogP contribution in [0.25, 0.3) is 0 Å². The summed E-state index contributed by atoms with van der Waals surface area (Å²) in [5.41, 5.74) is 0. The Morgan fingerprint density at radius 1 is 1.45 bits per heavy atom. The van der Waals surface area contributed by atoms with Crippen LogP contribution in [0.15, 0.2) is 15.4 Å². The Balaban J connectivity index is 2.28. The van der Waals surface area contributed by atoms with Crippen molar-refractivity contribution in [2.75, 3.05) is 6.54 Å². The summed E-state index contributed by atoms with van der Waals surface area (Å²) >= 11 is 0. The van der Waals surface area contributed by atoms with Crippen LogP contribution >= 0.6 is 10.7 Å². The largest absolute Gasteiger partial charge is 0.455 e. The molecular weight excluding hydrogens is 302 g/mol. The molecule has 1 aliphatic rings. The first-order valence-corrected chi connectivity index (χ1v) is 9.01. The van der Waals surface area contributed by atoms with Crippen molar-refractivity contribution in [1.82, 2.24) is 4.90 Å². The lowest BCUT2D eigenvalue weighted by molar-refractivity contribution is 0.0659. The molecule has 0 aliphatic heterocycles. The zero-order valence-electron chi connectivity index (χ0n) is 11.6. The topological polar surface area (TPSA) is 67.6 Å². The van der Waals surface area contributed by atoms with Crippen LogP contribution in [0.1, 0.15) is 48.9 Å². The van der Waals surface area contributed by atoms with Crippen molar-refractivity contribution >= 4 is 25.6 Å². The van der Waals surface area contributed by atoms with Gasteiger partial charge in [0.2, 0.25) is 0 Å². The van der Waals surface area contributed by atoms with Gasteiger partial charge < -0.3 is 9.32 Å². The Morgan fingerprint density at radius 2 is 2.05 bits per heavy atom. The van der Waals surface area contributed by atoms with E-state index in [1.165, 1.54) is 13.0 Å². The van der Waals surface area contributed by atoms with E-state index in [2.05, 4.69) is 0 Å². The van der Waals surface area contributed by atoms with Crippen LogP contribution in [0.4, 0.5) is 0 Å². The highest BCUT2D eigenvalue weighted by molar-refractivity contribution is 8.13. The molecule has 0 unspecified atom stereocenters. The van der Waals surface area contributed by atoms with Gasteiger partial charge in [-0.15, -0.1) is 0 Å². The van der Waals surface area contributed by atoms with E-state index in [0.29, 0.717) is 6.54 Å². The Hall–Kier alpha value is -1.01. The van der Waals surface area contributed by atoms with Gasteiger partial charge in [-0.1, -0.05) is 12.8 Å². The molecule has 2 rings (SSSR count). The van der Waals surface area contributed by atoms with Gasteiger partial charge in [0.15, 0.2) is 5.76 Å². The maximum absolute atomic E-state index is 12.4. The Labute approximate surface area is 123 Å². The zero-order valence-corrected chi connectivity index (χ0v) is 13.1. The molecule has 1 aliphatic carbocycles. The maximum atomic E-state index is 12.4. The minimum Gasteiger partial charge on any atom is -0.455 e. The van der Waals surface area contributed by atoms with Crippen LogP contribution in [0.5, 0.6) is 0 Å². The molecule has 1 fully saturated rings. The second-order valence-electron chi connectivity index (χ2n) is 5.00. The van der Waals surface area contributed by atoms with Gasteiger partial charge in [-0.25, -0.2) is 8.42 Å². The molecule has 0 spiro atoms. The minimum absolute atomic E-state index is 0.0375. The molecule has 0 aromatic carbocycles. The highest BCUT2D eigenvalue weighted by Crippen LogP contribution is 2.28. The maximum Gasteiger partial charge on any atom is 0.289 e. The molecule has 0 saturated heterocycles. The Bertz CT molecular complexity index is 602. The van der Waals surface area contributed by atoms with Crippen LogP contribution in [0, 0.1) is 6.92 Å². The second kappa shape index (κ2) is 5.77. The molecule has 7 heteroatoms. The van der Waals surface area contributed by atoms with E-state index < -0.39 is 9.05 Å². The van der Waals surface area contributed by atoms with E-state index in [1.54, 1.807) is 4.90 Å². The summed E-state index contributed by atoms with van der Waals surface area (Å²) in [6.07, 6.45) is 4.21. The third kappa shape index (κ3) is 3.01. The third-order valence-corrected chi connectivity index (χ3v) is 5.14. The van der Waals surface area contributed by atoms with Gasteiger partial charge >= 0.3 is 0 Å². The van der Waals surface area contributed by atoms with Gasteiger partial charge in [-0.2, -0.15) is 0 Å². The summed E-state index contributed by atoms with van der Waals surface area (Å²) in [6.45, 7) is 3.97. The summed E-state index contributed by atoms with van der Waals surface area (Å²) < 4.78 is 28.0. The predicted octanol–water partition coefficient (Wildman–Crippen LogP) is 2.92. The summed E-state index contributed by atoms with van der Waals surface area (Å²) in [4.78, 5) is 14.1. The van der Waals surface area contributed by atoms with Crippen LogP contribution in [-0.2, 0) is 9.05 Å². The molecule has 112 valence electrons. The van der Waals surface area contributed by atoms with E-state index in [1.807, 2.05) is 6.92 Å². The fourth-order valence-corrected chi connectivity index (χ4v) is 3.83. The van der Waals surface area contributed by atoms with Crippen LogP contribution in [-0.4, -0.2) is 31.8 Å². The van der Waals surface area contributed by atoms with E-state index in [4.69, 9.17) is 15.1 Å². The molecule has 0 radical (unpaired) electrons. The number of carbonyl (C=O) groups is 1. The zero-order chi connectivity index (χ0) is 14.9. The molecule has 1 aromatic rings. The van der Waals surface area contributed by atoms with E-state index in [-0.39, 0.29) is 28.4 Å². The fraction of sp³-hybridized carbons (Fsp3) is 0.615. The normalized spacial score (nSPS) is 16.6. The van der Waals surface area contributed by atoms with Crippen LogP contribution in [0.2, 0.25) is 0 Å². The quantitative estimate of drug-likeness (QED) is 0.800. The fourth-order valence-electron chi connectivity index (χ4n) is 2.74. The third-order valence-electron chi connectivity index (χ3n) is 3.71. The monoisotopic (exact) mass is 319 g/mol. The molecule has 1 aromatic heterocycles. The molecule has 20 heavy (non-hydrogen) atoms. The molecule has 1 saturated carbocycles. The minimum atomic E-state index is -3.89. The lowest BCUT2D eigenvalue weighted by Gasteiger charge is -2.26. The standard InChI is InChI=1S/C13H18ClNO4S/c1-3-15(10-6-4-5-7-10)13(16)11-8-12(9(2)19-11)20(14,17)18/h8,10H,3-7H2,1-2H3. The van der Waals surface area contributed by atoms with Crippen molar-refractivity contribution in [3.8, 4) is 0 Å². The lowest BCUT2D eigenvalue weighted by atomic mass is 10.2. The number of hydrogen-bond donors (Lipinski definition) is 0. The second-order valence-corrected chi connectivity index (χ2v) is 7.53. The van der Waals surface area contributed by atoms with Crippen LogP contribution in [0.3, 0.4) is 0 Å². The Kier molecular flexibility index (Phi) is 4.44. The van der Waals surface area contributed by atoms with E-state index in [9.17, 15) is 13.2 Å². The first kappa shape index (κ1) is 15.4. The first-order valence-electron chi connectivity index (χ1n) is 6.70. The molecule has 0 N–H and O–H groups in total. The lowest BCUT2D eigenvalue weighted by Crippen LogP contribution is -2.38. The van der Waals surface area contributed by atoms with Crippen molar-refractivity contribution in [1.29, 1.82) is 0 Å². The molecule has 0 atom stereocenters. The average molecular weight is 320 g/mol. The number of aryl methyl sites for hydroxylation is 1. The first-order chi connectivity index (χ1) is 9.34. The molecule has 1 amide bonds. The van der Waals surface area contributed by atoms with Crippen molar-refractivity contribution in [3.05, 3.63) is 17.6 Å². The number of rotatable bonds is 4.